The maximum Gasteiger partial charge on any atom is 0.302 e. The van der Waals surface area contributed by atoms with Crippen LogP contribution in [0.2, 0.25) is 0 Å². The van der Waals surface area contributed by atoms with Gasteiger partial charge in [0.1, 0.15) is 18.3 Å². The number of carbonyl (C=O) groups is 2. The van der Waals surface area contributed by atoms with Gasteiger partial charge >= 0.3 is 11.9 Å². The van der Waals surface area contributed by atoms with Crippen molar-refractivity contribution >= 4 is 11.9 Å². The number of rotatable bonds is 3. The van der Waals surface area contributed by atoms with E-state index in [1.807, 2.05) is 0 Å². The molecule has 13 atom stereocenters. The molecule has 0 radical (unpaired) electrons. The molecule has 7 nitrogen and oxygen atoms in total. The summed E-state index contributed by atoms with van der Waals surface area (Å²) in [6, 6.07) is 0. The molecule has 2 spiro atoms. The van der Waals surface area contributed by atoms with E-state index in [1.165, 1.54) is 26.7 Å². The minimum atomic E-state index is -0.389. The molecule has 7 aliphatic rings. The maximum absolute atomic E-state index is 12.1. The van der Waals surface area contributed by atoms with Crippen LogP contribution in [0.4, 0.5) is 0 Å². The van der Waals surface area contributed by atoms with E-state index in [9.17, 15) is 9.59 Å². The molecule has 0 aromatic heterocycles. The fourth-order valence-corrected chi connectivity index (χ4v) is 11.3. The smallest absolute Gasteiger partial charge is 0.302 e. The lowest BCUT2D eigenvalue weighted by Gasteiger charge is -2.60. The molecule has 0 aromatic carbocycles. The van der Waals surface area contributed by atoms with Crippen LogP contribution < -0.4 is 0 Å². The summed E-state index contributed by atoms with van der Waals surface area (Å²) in [4.78, 5) is 23.8. The van der Waals surface area contributed by atoms with E-state index in [0.29, 0.717) is 42.1 Å². The topological polar surface area (TPSA) is 83.6 Å². The average molecular weight is 531 g/mol. The molecule has 4 saturated carbocycles. The van der Waals surface area contributed by atoms with Crippen molar-refractivity contribution in [3.63, 3.8) is 0 Å². The van der Waals surface area contributed by atoms with Crippen LogP contribution in [-0.2, 0) is 33.3 Å². The molecule has 7 heteroatoms. The summed E-state index contributed by atoms with van der Waals surface area (Å²) in [6.07, 6.45) is 9.42. The molecule has 0 N–H and O–H groups in total. The molecule has 3 aliphatic heterocycles. The van der Waals surface area contributed by atoms with Gasteiger partial charge in [-0.25, -0.2) is 0 Å². The van der Waals surface area contributed by atoms with Crippen LogP contribution in [0, 0.1) is 46.3 Å². The summed E-state index contributed by atoms with van der Waals surface area (Å²) >= 11 is 0. The molecule has 7 fully saturated rings. The third-order valence-corrected chi connectivity index (χ3v) is 12.9. The monoisotopic (exact) mass is 530 g/mol. The van der Waals surface area contributed by atoms with Crippen molar-refractivity contribution < 1.29 is 33.3 Å². The van der Waals surface area contributed by atoms with Gasteiger partial charge in [-0.1, -0.05) is 20.8 Å². The normalized spacial score (nSPS) is 56.2. The first-order valence-electron chi connectivity index (χ1n) is 15.3. The van der Waals surface area contributed by atoms with Crippen molar-refractivity contribution in [2.75, 3.05) is 13.2 Å². The van der Waals surface area contributed by atoms with Gasteiger partial charge in [0.2, 0.25) is 0 Å². The molecule has 0 aromatic rings. The van der Waals surface area contributed by atoms with E-state index in [1.54, 1.807) is 0 Å². The number of carbonyl (C=O) groups excluding carboxylic acids is 2. The third kappa shape index (κ3) is 3.36. The van der Waals surface area contributed by atoms with Crippen LogP contribution in [0.15, 0.2) is 0 Å². The Morgan fingerprint density at radius 3 is 2.47 bits per heavy atom. The zero-order valence-corrected chi connectivity index (χ0v) is 23.8. The number of epoxide rings is 1. The van der Waals surface area contributed by atoms with Crippen molar-refractivity contribution in [2.45, 2.75) is 122 Å². The third-order valence-electron chi connectivity index (χ3n) is 12.9. The summed E-state index contributed by atoms with van der Waals surface area (Å²) in [5, 5.41) is 0. The highest BCUT2D eigenvalue weighted by molar-refractivity contribution is 5.66. The van der Waals surface area contributed by atoms with E-state index in [4.69, 9.17) is 23.7 Å². The molecular formula is C31H46O7. The van der Waals surface area contributed by atoms with Gasteiger partial charge in [0, 0.05) is 38.0 Å². The molecule has 0 amide bonds. The lowest BCUT2D eigenvalue weighted by atomic mass is 9.43. The Morgan fingerprint density at radius 2 is 1.76 bits per heavy atom. The molecule has 3 heterocycles. The maximum atomic E-state index is 12.1. The molecular weight excluding hydrogens is 484 g/mol. The minimum absolute atomic E-state index is 0.108. The highest BCUT2D eigenvalue weighted by Gasteiger charge is 2.79. The van der Waals surface area contributed by atoms with E-state index >= 15 is 0 Å². The summed E-state index contributed by atoms with van der Waals surface area (Å²) in [7, 11) is 0. The Kier molecular flexibility index (Phi) is 5.71. The highest BCUT2D eigenvalue weighted by atomic mass is 16.7. The van der Waals surface area contributed by atoms with Gasteiger partial charge < -0.3 is 23.7 Å². The molecule has 212 valence electrons. The Hall–Kier alpha value is -1.18. The number of esters is 2. The number of ether oxygens (including phenoxy) is 5. The van der Waals surface area contributed by atoms with Crippen molar-refractivity contribution in [1.82, 2.24) is 0 Å². The predicted molar refractivity (Wildman–Crippen MR) is 138 cm³/mol. The van der Waals surface area contributed by atoms with Crippen molar-refractivity contribution in [1.29, 1.82) is 0 Å². The van der Waals surface area contributed by atoms with Crippen molar-refractivity contribution in [2.24, 2.45) is 46.3 Å². The SMILES string of the molecule is CC(=O)OC[C@]12CC[C@H](OC(C)=O)C[C@@]13O[C@@H]3C[C@H]1[C@@H]3C[C@@H]4O[C@]5(CC[C@@H](C)CO5)[C@@H](C)[C@@H]4[C@@]3(C)CC[C@@H]12. The average Bonchev–Trinajstić information content (AvgIpc) is 3.37. The molecule has 0 unspecified atom stereocenters. The highest BCUT2D eigenvalue weighted by Crippen LogP contribution is 2.76. The molecule has 7 rings (SSSR count). The van der Waals surface area contributed by atoms with E-state index in [-0.39, 0.29) is 52.5 Å². The van der Waals surface area contributed by atoms with Crippen molar-refractivity contribution in [3.05, 3.63) is 0 Å². The number of hydrogen-bond donors (Lipinski definition) is 0. The second-order valence-electron chi connectivity index (χ2n) is 14.5. The van der Waals surface area contributed by atoms with Gasteiger partial charge in [0.05, 0.1) is 18.8 Å². The van der Waals surface area contributed by atoms with Crippen LogP contribution in [0.1, 0.15) is 92.4 Å². The van der Waals surface area contributed by atoms with E-state index < -0.39 is 0 Å². The van der Waals surface area contributed by atoms with Crippen LogP contribution in [0.5, 0.6) is 0 Å². The molecule has 3 saturated heterocycles. The largest absolute Gasteiger partial charge is 0.465 e. The van der Waals surface area contributed by atoms with Gasteiger partial charge in [-0.2, -0.15) is 0 Å². The first-order valence-corrected chi connectivity index (χ1v) is 15.3. The van der Waals surface area contributed by atoms with Crippen molar-refractivity contribution in [3.8, 4) is 0 Å². The number of fused-ring (bicyclic) bond motifs is 6. The summed E-state index contributed by atoms with van der Waals surface area (Å²) in [6.45, 7) is 11.5. The summed E-state index contributed by atoms with van der Waals surface area (Å²) in [5.41, 5.74) is -0.295. The zero-order valence-electron chi connectivity index (χ0n) is 23.8. The standard InChI is InChI=1S/C31H46O7/c1-17-6-11-31(35-15-17)18(2)27-25(37-31)13-24-22-12-26-30(38-26)14-21(36-20(4)33)7-10-29(30,16-34-19(3)32)23(22)8-9-28(24,27)5/h17-18,21-27H,6-16H2,1-5H3/t17-,18+,21+,22-,23+,24+,25+,26-,27+,28+,29+,30+,31-/m1/s1. The van der Waals surface area contributed by atoms with Gasteiger partial charge in [-0.05, 0) is 80.0 Å². The fourth-order valence-electron chi connectivity index (χ4n) is 11.3. The fraction of sp³-hybridized carbons (Fsp3) is 0.935. The van der Waals surface area contributed by atoms with Crippen LogP contribution in [0.3, 0.4) is 0 Å². The number of hydrogen-bond acceptors (Lipinski definition) is 7. The van der Waals surface area contributed by atoms with Gasteiger partial charge in [-0.3, -0.25) is 9.59 Å². The Balaban J connectivity index is 1.17. The summed E-state index contributed by atoms with van der Waals surface area (Å²) < 4.78 is 31.6. The van der Waals surface area contributed by atoms with Crippen LogP contribution in [0.25, 0.3) is 0 Å². The molecule has 4 aliphatic carbocycles. The first kappa shape index (κ1) is 25.8. The van der Waals surface area contributed by atoms with Gasteiger partial charge in [0.25, 0.3) is 0 Å². The predicted octanol–water partition coefficient (Wildman–Crippen LogP) is 5.04. The molecule has 0 bridgehead atoms. The second kappa shape index (κ2) is 8.42. The van der Waals surface area contributed by atoms with Crippen LogP contribution >= 0.6 is 0 Å². The zero-order chi connectivity index (χ0) is 26.7. The first-order chi connectivity index (χ1) is 18.0. The summed E-state index contributed by atoms with van der Waals surface area (Å²) in [5.74, 6) is 2.28. The second-order valence-corrected chi connectivity index (χ2v) is 14.5. The Labute approximate surface area is 227 Å². The lowest BCUT2D eigenvalue weighted by molar-refractivity contribution is -0.273. The van der Waals surface area contributed by atoms with Crippen LogP contribution in [-0.4, -0.2) is 54.9 Å². The molecule has 38 heavy (non-hydrogen) atoms. The Bertz CT molecular complexity index is 1000. The van der Waals surface area contributed by atoms with E-state index in [2.05, 4.69) is 20.8 Å². The van der Waals surface area contributed by atoms with E-state index in [0.717, 1.165) is 51.6 Å². The van der Waals surface area contributed by atoms with Gasteiger partial charge in [0.15, 0.2) is 5.79 Å². The quantitative estimate of drug-likeness (QED) is 0.373. The Morgan fingerprint density at radius 1 is 0.947 bits per heavy atom. The minimum Gasteiger partial charge on any atom is -0.465 e. The van der Waals surface area contributed by atoms with Gasteiger partial charge in [-0.15, -0.1) is 0 Å². The lowest BCUT2D eigenvalue weighted by Crippen LogP contribution is -2.62.